The third kappa shape index (κ3) is 3.59. The highest BCUT2D eigenvalue weighted by atomic mass is 16.2. The second-order valence-electron chi connectivity index (χ2n) is 4.36. The van der Waals surface area contributed by atoms with E-state index in [1.165, 1.54) is 12.3 Å². The number of benzene rings is 1. The summed E-state index contributed by atoms with van der Waals surface area (Å²) in [5.74, 6) is 4.92. The second kappa shape index (κ2) is 6.55. The molecule has 1 amide bonds. The van der Waals surface area contributed by atoms with Crippen LogP contribution in [0.3, 0.4) is 0 Å². The van der Waals surface area contributed by atoms with Gasteiger partial charge in [-0.2, -0.15) is 0 Å². The summed E-state index contributed by atoms with van der Waals surface area (Å²) in [4.78, 5) is 26.0. The van der Waals surface area contributed by atoms with Crippen LogP contribution in [0.1, 0.15) is 21.5 Å². The molecule has 21 heavy (non-hydrogen) atoms. The Morgan fingerprint density at radius 2 is 2.19 bits per heavy atom. The van der Waals surface area contributed by atoms with Crippen molar-refractivity contribution in [2.24, 2.45) is 0 Å². The molecule has 1 heterocycles. The van der Waals surface area contributed by atoms with Crippen LogP contribution < -0.4 is 10.9 Å². The van der Waals surface area contributed by atoms with E-state index in [2.05, 4.69) is 22.1 Å². The average molecular weight is 282 g/mol. The number of aromatic amines is 1. The third-order valence-corrected chi connectivity index (χ3v) is 2.85. The van der Waals surface area contributed by atoms with Crippen LogP contribution in [0.4, 0.5) is 5.69 Å². The zero-order valence-electron chi connectivity index (χ0n) is 11.4. The number of H-pyrrole nitrogens is 1. The Morgan fingerprint density at radius 3 is 2.86 bits per heavy atom. The molecule has 5 nitrogen and oxygen atoms in total. The van der Waals surface area contributed by atoms with Gasteiger partial charge < -0.3 is 15.4 Å². The Hall–Kier alpha value is -2.84. The first-order valence-corrected chi connectivity index (χ1v) is 6.31. The number of pyridine rings is 1. The summed E-state index contributed by atoms with van der Waals surface area (Å²) < 4.78 is 0. The van der Waals surface area contributed by atoms with E-state index in [4.69, 9.17) is 5.11 Å². The molecule has 0 fully saturated rings. The number of anilines is 1. The van der Waals surface area contributed by atoms with Gasteiger partial charge in [0, 0.05) is 17.4 Å². The molecule has 0 unspecified atom stereocenters. The molecular weight excluding hydrogens is 268 g/mol. The van der Waals surface area contributed by atoms with Crippen LogP contribution >= 0.6 is 0 Å². The number of aryl methyl sites for hydroxylation is 1. The van der Waals surface area contributed by atoms with Crippen LogP contribution in [0.25, 0.3) is 0 Å². The van der Waals surface area contributed by atoms with Crippen molar-refractivity contribution in [3.05, 3.63) is 63.6 Å². The molecule has 0 saturated carbocycles. The number of rotatable bonds is 2. The molecule has 0 saturated heterocycles. The van der Waals surface area contributed by atoms with Crippen LogP contribution in [-0.2, 0) is 0 Å². The lowest BCUT2D eigenvalue weighted by molar-refractivity contribution is 0.102. The fraction of sp³-hybridized carbons (Fsp3) is 0.125. The molecule has 0 aliphatic carbocycles. The Morgan fingerprint density at radius 1 is 1.38 bits per heavy atom. The minimum Gasteiger partial charge on any atom is -0.384 e. The number of amides is 1. The van der Waals surface area contributed by atoms with Gasteiger partial charge in [0.05, 0.1) is 0 Å². The van der Waals surface area contributed by atoms with E-state index < -0.39 is 11.5 Å². The van der Waals surface area contributed by atoms with Gasteiger partial charge in [-0.1, -0.05) is 11.8 Å². The molecule has 106 valence electrons. The summed E-state index contributed by atoms with van der Waals surface area (Å²) in [7, 11) is 0. The van der Waals surface area contributed by atoms with Crippen molar-refractivity contribution in [1.29, 1.82) is 0 Å². The average Bonchev–Trinajstić information content (AvgIpc) is 2.47. The van der Waals surface area contributed by atoms with Crippen LogP contribution in [-0.4, -0.2) is 22.6 Å². The number of nitrogens with one attached hydrogen (secondary N) is 2. The lowest BCUT2D eigenvalue weighted by atomic mass is 10.1. The van der Waals surface area contributed by atoms with Gasteiger partial charge in [0.15, 0.2) is 0 Å². The van der Waals surface area contributed by atoms with Gasteiger partial charge in [0.2, 0.25) is 0 Å². The van der Waals surface area contributed by atoms with E-state index in [1.807, 2.05) is 6.92 Å². The first kappa shape index (κ1) is 14.6. The summed E-state index contributed by atoms with van der Waals surface area (Å²) in [6, 6.07) is 8.26. The highest BCUT2D eigenvalue weighted by Gasteiger charge is 2.10. The number of aromatic nitrogens is 1. The molecule has 1 aromatic heterocycles. The van der Waals surface area contributed by atoms with E-state index in [-0.39, 0.29) is 12.2 Å². The molecule has 3 N–H and O–H groups in total. The maximum absolute atomic E-state index is 12.0. The summed E-state index contributed by atoms with van der Waals surface area (Å²) in [6.07, 6.45) is 1.47. The molecule has 0 aliphatic heterocycles. The fourth-order valence-electron chi connectivity index (χ4n) is 1.82. The minimum atomic E-state index is -0.467. The van der Waals surface area contributed by atoms with Gasteiger partial charge in [-0.3, -0.25) is 9.59 Å². The lowest BCUT2D eigenvalue weighted by Gasteiger charge is -2.06. The maximum Gasteiger partial charge on any atom is 0.261 e. The van der Waals surface area contributed by atoms with Crippen molar-refractivity contribution in [1.82, 2.24) is 4.98 Å². The second-order valence-corrected chi connectivity index (χ2v) is 4.36. The predicted octanol–water partition coefficient (Wildman–Crippen LogP) is 1.28. The van der Waals surface area contributed by atoms with Gasteiger partial charge in [0.1, 0.15) is 12.2 Å². The molecular formula is C16H14N2O3. The zero-order chi connectivity index (χ0) is 15.2. The monoisotopic (exact) mass is 282 g/mol. The van der Waals surface area contributed by atoms with Crippen molar-refractivity contribution in [3.8, 4) is 11.8 Å². The smallest absolute Gasteiger partial charge is 0.261 e. The van der Waals surface area contributed by atoms with E-state index in [0.717, 1.165) is 11.1 Å². The molecule has 0 bridgehead atoms. The first-order valence-electron chi connectivity index (χ1n) is 6.31. The predicted molar refractivity (Wildman–Crippen MR) is 80.2 cm³/mol. The van der Waals surface area contributed by atoms with E-state index in [0.29, 0.717) is 5.69 Å². The normalized spacial score (nSPS) is 9.62. The van der Waals surface area contributed by atoms with E-state index in [1.54, 1.807) is 24.3 Å². The van der Waals surface area contributed by atoms with Crippen molar-refractivity contribution >= 4 is 11.6 Å². The number of hydrogen-bond donors (Lipinski definition) is 3. The van der Waals surface area contributed by atoms with Gasteiger partial charge in [-0.05, 0) is 42.8 Å². The largest absolute Gasteiger partial charge is 0.384 e. The van der Waals surface area contributed by atoms with E-state index >= 15 is 0 Å². The molecule has 0 aliphatic rings. The molecule has 0 radical (unpaired) electrons. The number of carbonyl (C=O) groups excluding carboxylic acids is 1. The van der Waals surface area contributed by atoms with Crippen molar-refractivity contribution < 1.29 is 9.90 Å². The summed E-state index contributed by atoms with van der Waals surface area (Å²) in [6.45, 7) is 1.65. The van der Waals surface area contributed by atoms with Crippen LogP contribution in [0.5, 0.6) is 0 Å². The molecule has 2 aromatic rings. The molecule has 1 aromatic carbocycles. The molecule has 2 rings (SSSR count). The Balaban J connectivity index is 2.21. The number of aliphatic hydroxyl groups is 1. The summed E-state index contributed by atoms with van der Waals surface area (Å²) >= 11 is 0. The van der Waals surface area contributed by atoms with Gasteiger partial charge in [0.25, 0.3) is 11.5 Å². The van der Waals surface area contributed by atoms with Gasteiger partial charge >= 0.3 is 0 Å². The highest BCUT2D eigenvalue weighted by molar-refractivity contribution is 6.04. The zero-order valence-corrected chi connectivity index (χ0v) is 11.4. The summed E-state index contributed by atoms with van der Waals surface area (Å²) in [5.41, 5.74) is 1.85. The van der Waals surface area contributed by atoms with Crippen molar-refractivity contribution in [2.75, 3.05) is 11.9 Å². The number of hydrogen-bond acceptors (Lipinski definition) is 3. The van der Waals surface area contributed by atoms with Crippen LogP contribution in [0.15, 0.2) is 41.3 Å². The van der Waals surface area contributed by atoms with E-state index in [9.17, 15) is 9.59 Å². The maximum atomic E-state index is 12.0. The third-order valence-electron chi connectivity index (χ3n) is 2.85. The molecule has 0 atom stereocenters. The standard InChI is InChI=1S/C16H14N2O3/c1-11-10-13(7-6-12(11)4-3-9-19)18-16(21)14-5-2-8-17-15(14)20/h2,5-8,10,19H,9H2,1H3,(H,17,20)(H,18,21). The Labute approximate surface area is 121 Å². The first-order chi connectivity index (χ1) is 10.1. The minimum absolute atomic E-state index is 0.0549. The number of carbonyl (C=O) groups is 1. The van der Waals surface area contributed by atoms with Gasteiger partial charge in [-0.25, -0.2) is 0 Å². The fourth-order valence-corrected chi connectivity index (χ4v) is 1.82. The van der Waals surface area contributed by atoms with Crippen LogP contribution in [0.2, 0.25) is 0 Å². The van der Waals surface area contributed by atoms with Gasteiger partial charge in [-0.15, -0.1) is 0 Å². The number of aliphatic hydroxyl groups excluding tert-OH is 1. The van der Waals surface area contributed by atoms with Crippen molar-refractivity contribution in [3.63, 3.8) is 0 Å². The quantitative estimate of drug-likeness (QED) is 0.726. The van der Waals surface area contributed by atoms with Crippen LogP contribution in [0, 0.1) is 18.8 Å². The topological polar surface area (TPSA) is 82.2 Å². The molecule has 0 spiro atoms. The highest BCUT2D eigenvalue weighted by Crippen LogP contribution is 2.15. The van der Waals surface area contributed by atoms with Crippen molar-refractivity contribution in [2.45, 2.75) is 6.92 Å². The molecule has 5 heteroatoms. The SMILES string of the molecule is Cc1cc(NC(=O)c2ccc[nH]c2=O)ccc1C#CCO. The summed E-state index contributed by atoms with van der Waals surface area (Å²) in [5, 5.41) is 11.3. The Kier molecular flexibility index (Phi) is 4.54. The lowest BCUT2D eigenvalue weighted by Crippen LogP contribution is -2.22. The Bertz CT molecular complexity index is 782.